The summed E-state index contributed by atoms with van der Waals surface area (Å²) in [4.78, 5) is 28.4. The molecule has 130 valence electrons. The molecule has 2 N–H and O–H groups in total. The van der Waals surface area contributed by atoms with Crippen LogP contribution in [0, 0.1) is 0 Å². The van der Waals surface area contributed by atoms with Crippen molar-refractivity contribution in [1.29, 1.82) is 0 Å². The lowest BCUT2D eigenvalue weighted by molar-refractivity contribution is 0.0953. The molecule has 1 aromatic carbocycles. The zero-order valence-corrected chi connectivity index (χ0v) is 14.0. The Bertz CT molecular complexity index is 790. The first kappa shape index (κ1) is 18.0. The number of carbonyl (C=O) groups is 2. The van der Waals surface area contributed by atoms with Gasteiger partial charge in [0.15, 0.2) is 0 Å². The predicted molar refractivity (Wildman–Crippen MR) is 94.3 cm³/mol. The quantitative estimate of drug-likeness (QED) is 0.754. The van der Waals surface area contributed by atoms with Crippen molar-refractivity contribution in [2.24, 2.45) is 0 Å². The molecule has 0 aliphatic rings. The predicted octanol–water partition coefficient (Wildman–Crippen LogP) is 2.27. The fraction of sp³-hybridized carbons (Fsp3) is 0.167. The van der Waals surface area contributed by atoms with Gasteiger partial charge in [0.1, 0.15) is 17.2 Å². The summed E-state index contributed by atoms with van der Waals surface area (Å²) in [7, 11) is 3.04. The van der Waals surface area contributed by atoms with Crippen LogP contribution in [-0.4, -0.2) is 37.6 Å². The number of ether oxygens (including phenoxy) is 2. The molecule has 2 aromatic rings. The summed E-state index contributed by atoms with van der Waals surface area (Å²) in [6, 6.07) is 8.00. The van der Waals surface area contributed by atoms with Gasteiger partial charge in [-0.3, -0.25) is 14.6 Å². The molecule has 0 saturated heterocycles. The molecular formula is C18H19N3O4. The Balaban J connectivity index is 2.21. The van der Waals surface area contributed by atoms with Crippen molar-refractivity contribution >= 4 is 17.5 Å². The number of anilines is 1. The van der Waals surface area contributed by atoms with Gasteiger partial charge in [0.05, 0.1) is 19.9 Å². The molecule has 25 heavy (non-hydrogen) atoms. The number of amides is 2. The molecule has 0 fully saturated rings. The molecule has 0 unspecified atom stereocenters. The van der Waals surface area contributed by atoms with Crippen LogP contribution in [0.2, 0.25) is 0 Å². The van der Waals surface area contributed by atoms with Crippen molar-refractivity contribution in [3.8, 4) is 11.5 Å². The maximum absolute atomic E-state index is 12.5. The van der Waals surface area contributed by atoms with E-state index in [2.05, 4.69) is 22.2 Å². The smallest absolute Gasteiger partial charge is 0.270 e. The Morgan fingerprint density at radius 3 is 2.64 bits per heavy atom. The molecule has 0 spiro atoms. The van der Waals surface area contributed by atoms with Gasteiger partial charge in [0.25, 0.3) is 11.8 Å². The number of nitrogens with one attached hydrogen (secondary N) is 2. The number of aromatic nitrogens is 1. The maximum atomic E-state index is 12.5. The van der Waals surface area contributed by atoms with Crippen LogP contribution in [0.3, 0.4) is 0 Å². The molecule has 1 aromatic heterocycles. The van der Waals surface area contributed by atoms with Crippen LogP contribution in [0.25, 0.3) is 0 Å². The molecule has 2 amide bonds. The second kappa shape index (κ2) is 8.49. The Labute approximate surface area is 145 Å². The van der Waals surface area contributed by atoms with Gasteiger partial charge in [-0.25, -0.2) is 0 Å². The van der Waals surface area contributed by atoms with E-state index in [-0.39, 0.29) is 11.6 Å². The molecular weight excluding hydrogens is 322 g/mol. The summed E-state index contributed by atoms with van der Waals surface area (Å²) in [5, 5.41) is 5.35. The van der Waals surface area contributed by atoms with Crippen LogP contribution >= 0.6 is 0 Å². The van der Waals surface area contributed by atoms with Gasteiger partial charge in [-0.05, 0) is 24.3 Å². The lowest BCUT2D eigenvalue weighted by Gasteiger charge is -2.12. The van der Waals surface area contributed by atoms with Crippen LogP contribution < -0.4 is 20.1 Å². The topological polar surface area (TPSA) is 89.6 Å². The number of benzene rings is 1. The van der Waals surface area contributed by atoms with E-state index in [1.807, 2.05) is 0 Å². The molecule has 0 atom stereocenters. The molecule has 1 heterocycles. The third kappa shape index (κ3) is 4.57. The molecule has 7 nitrogen and oxygen atoms in total. The van der Waals surface area contributed by atoms with Crippen molar-refractivity contribution in [2.45, 2.75) is 0 Å². The molecule has 0 aliphatic heterocycles. The lowest BCUT2D eigenvalue weighted by Crippen LogP contribution is -2.24. The van der Waals surface area contributed by atoms with E-state index in [0.29, 0.717) is 29.3 Å². The highest BCUT2D eigenvalue weighted by atomic mass is 16.5. The van der Waals surface area contributed by atoms with Crippen LogP contribution in [0.4, 0.5) is 5.69 Å². The number of rotatable bonds is 7. The van der Waals surface area contributed by atoms with Crippen molar-refractivity contribution in [2.75, 3.05) is 26.1 Å². The van der Waals surface area contributed by atoms with Crippen molar-refractivity contribution in [1.82, 2.24) is 10.3 Å². The average Bonchev–Trinajstić information content (AvgIpc) is 2.66. The van der Waals surface area contributed by atoms with E-state index >= 15 is 0 Å². The molecule has 0 aliphatic carbocycles. The molecule has 0 radical (unpaired) electrons. The highest BCUT2D eigenvalue weighted by molar-refractivity contribution is 6.06. The summed E-state index contributed by atoms with van der Waals surface area (Å²) >= 11 is 0. The average molecular weight is 341 g/mol. The van der Waals surface area contributed by atoms with E-state index < -0.39 is 5.91 Å². The van der Waals surface area contributed by atoms with E-state index in [4.69, 9.17) is 9.47 Å². The second-order valence-electron chi connectivity index (χ2n) is 4.95. The monoisotopic (exact) mass is 341 g/mol. The summed E-state index contributed by atoms with van der Waals surface area (Å²) in [6.07, 6.45) is 2.96. The molecule has 2 rings (SSSR count). The molecule has 7 heteroatoms. The zero-order chi connectivity index (χ0) is 18.2. The van der Waals surface area contributed by atoms with Gasteiger partial charge in [0, 0.05) is 24.4 Å². The van der Waals surface area contributed by atoms with Crippen LogP contribution in [-0.2, 0) is 0 Å². The summed E-state index contributed by atoms with van der Waals surface area (Å²) < 4.78 is 10.4. The van der Waals surface area contributed by atoms with E-state index in [1.54, 1.807) is 24.3 Å². The van der Waals surface area contributed by atoms with Crippen LogP contribution in [0.15, 0.2) is 49.2 Å². The van der Waals surface area contributed by atoms with Gasteiger partial charge < -0.3 is 20.1 Å². The Kier molecular flexibility index (Phi) is 6.11. The first-order chi connectivity index (χ1) is 12.1. The first-order valence-corrected chi connectivity index (χ1v) is 7.47. The number of hydrogen-bond acceptors (Lipinski definition) is 5. The highest BCUT2D eigenvalue weighted by Crippen LogP contribution is 2.29. The largest absolute Gasteiger partial charge is 0.497 e. The highest BCUT2D eigenvalue weighted by Gasteiger charge is 2.14. The number of nitrogens with zero attached hydrogens (tertiary/aromatic N) is 1. The molecule has 0 saturated carbocycles. The third-order valence-electron chi connectivity index (χ3n) is 3.32. The van der Waals surface area contributed by atoms with Crippen molar-refractivity contribution < 1.29 is 19.1 Å². The van der Waals surface area contributed by atoms with E-state index in [0.717, 1.165) is 0 Å². The third-order valence-corrected chi connectivity index (χ3v) is 3.32. The van der Waals surface area contributed by atoms with Gasteiger partial charge in [0.2, 0.25) is 0 Å². The number of pyridine rings is 1. The minimum atomic E-state index is -0.397. The number of carbonyl (C=O) groups excluding carboxylic acids is 2. The van der Waals surface area contributed by atoms with Crippen molar-refractivity contribution in [3.05, 3.63) is 60.4 Å². The maximum Gasteiger partial charge on any atom is 0.270 e. The normalized spacial score (nSPS) is 9.84. The summed E-state index contributed by atoms with van der Waals surface area (Å²) in [6.45, 7) is 3.85. The summed E-state index contributed by atoms with van der Waals surface area (Å²) in [5.41, 5.74) is 0.900. The Morgan fingerprint density at radius 2 is 1.96 bits per heavy atom. The standard InChI is InChI=1S/C18H19N3O4/c1-4-8-20-18(23)15-10-12(7-9-19-15)17(22)21-14-11-13(24-2)5-6-16(14)25-3/h4-7,9-11H,1,8H2,2-3H3,(H,20,23)(H,21,22). The number of methoxy groups -OCH3 is 2. The minimum absolute atomic E-state index is 0.145. The number of hydrogen-bond donors (Lipinski definition) is 2. The Morgan fingerprint density at radius 1 is 1.16 bits per heavy atom. The lowest BCUT2D eigenvalue weighted by atomic mass is 10.2. The van der Waals surface area contributed by atoms with E-state index in [1.165, 1.54) is 32.5 Å². The van der Waals surface area contributed by atoms with Gasteiger partial charge in [-0.1, -0.05) is 6.08 Å². The Hall–Kier alpha value is -3.35. The minimum Gasteiger partial charge on any atom is -0.497 e. The van der Waals surface area contributed by atoms with Crippen LogP contribution in [0.5, 0.6) is 11.5 Å². The van der Waals surface area contributed by atoms with E-state index in [9.17, 15) is 9.59 Å². The van der Waals surface area contributed by atoms with Crippen LogP contribution in [0.1, 0.15) is 20.8 Å². The second-order valence-corrected chi connectivity index (χ2v) is 4.95. The van der Waals surface area contributed by atoms with Crippen molar-refractivity contribution in [3.63, 3.8) is 0 Å². The van der Waals surface area contributed by atoms with Gasteiger partial charge in [-0.2, -0.15) is 0 Å². The SMILES string of the molecule is C=CCNC(=O)c1cc(C(=O)Nc2cc(OC)ccc2OC)ccn1. The van der Waals surface area contributed by atoms with Gasteiger partial charge in [-0.15, -0.1) is 6.58 Å². The first-order valence-electron chi connectivity index (χ1n) is 7.47. The zero-order valence-electron chi connectivity index (χ0n) is 14.0. The van der Waals surface area contributed by atoms with Gasteiger partial charge >= 0.3 is 0 Å². The summed E-state index contributed by atoms with van der Waals surface area (Å²) in [5.74, 6) is 0.294. The fourth-order valence-corrected chi connectivity index (χ4v) is 2.06. The fourth-order valence-electron chi connectivity index (χ4n) is 2.06. The molecule has 0 bridgehead atoms.